The summed E-state index contributed by atoms with van der Waals surface area (Å²) < 4.78 is 11.0. The van der Waals surface area contributed by atoms with E-state index in [2.05, 4.69) is 10.6 Å². The van der Waals surface area contributed by atoms with Gasteiger partial charge in [0.25, 0.3) is 11.8 Å². The van der Waals surface area contributed by atoms with Crippen molar-refractivity contribution in [3.63, 3.8) is 0 Å². The highest BCUT2D eigenvalue weighted by Crippen LogP contribution is 2.34. The standard InChI is InChI=1S/C17H18N2O4S/c1-9-10(2)24-17(14(9)16(21)18-3)19-15(20)11-4-5-12-13(8-11)23-7-6-22-12/h4-5,8H,6-7H2,1-3H3,(H,18,21)(H,19,20). The van der Waals surface area contributed by atoms with Gasteiger partial charge in [-0.05, 0) is 37.6 Å². The Balaban J connectivity index is 1.88. The quantitative estimate of drug-likeness (QED) is 0.896. The van der Waals surface area contributed by atoms with Crippen LogP contribution in [0, 0.1) is 13.8 Å². The molecule has 0 bridgehead atoms. The molecule has 0 saturated heterocycles. The van der Waals surface area contributed by atoms with Crippen molar-refractivity contribution < 1.29 is 19.1 Å². The van der Waals surface area contributed by atoms with E-state index in [4.69, 9.17) is 9.47 Å². The smallest absolute Gasteiger partial charge is 0.256 e. The van der Waals surface area contributed by atoms with Crippen molar-refractivity contribution in [2.24, 2.45) is 0 Å². The largest absolute Gasteiger partial charge is 0.486 e. The molecule has 24 heavy (non-hydrogen) atoms. The third-order valence-corrected chi connectivity index (χ3v) is 4.99. The first kappa shape index (κ1) is 16.3. The molecule has 2 heterocycles. The molecule has 126 valence electrons. The number of ether oxygens (including phenoxy) is 2. The summed E-state index contributed by atoms with van der Waals surface area (Å²) >= 11 is 1.39. The molecule has 1 aromatic heterocycles. The van der Waals surface area contributed by atoms with Gasteiger partial charge in [0.05, 0.1) is 5.56 Å². The number of amides is 2. The summed E-state index contributed by atoms with van der Waals surface area (Å²) in [5.74, 6) is 0.679. The minimum absolute atomic E-state index is 0.214. The molecule has 1 aromatic carbocycles. The average Bonchev–Trinajstić information content (AvgIpc) is 2.87. The number of carbonyl (C=O) groups excluding carboxylic acids is 2. The molecule has 0 radical (unpaired) electrons. The van der Waals surface area contributed by atoms with Gasteiger partial charge in [0, 0.05) is 17.5 Å². The van der Waals surface area contributed by atoms with E-state index < -0.39 is 0 Å². The SMILES string of the molecule is CNC(=O)c1c(NC(=O)c2ccc3c(c2)OCCO3)sc(C)c1C. The molecule has 2 amide bonds. The minimum Gasteiger partial charge on any atom is -0.486 e. The number of aryl methyl sites for hydroxylation is 1. The topological polar surface area (TPSA) is 76.7 Å². The third-order valence-electron chi connectivity index (χ3n) is 3.87. The van der Waals surface area contributed by atoms with E-state index in [0.717, 1.165) is 10.4 Å². The van der Waals surface area contributed by atoms with Gasteiger partial charge in [-0.15, -0.1) is 11.3 Å². The molecular formula is C17H18N2O4S. The van der Waals surface area contributed by atoms with Crippen molar-refractivity contribution in [3.05, 3.63) is 39.8 Å². The fraction of sp³-hybridized carbons (Fsp3) is 0.294. The lowest BCUT2D eigenvalue weighted by Gasteiger charge is -2.18. The van der Waals surface area contributed by atoms with Crippen LogP contribution in [0.1, 0.15) is 31.2 Å². The van der Waals surface area contributed by atoms with Crippen LogP contribution in [0.5, 0.6) is 11.5 Å². The number of anilines is 1. The zero-order chi connectivity index (χ0) is 17.3. The highest BCUT2D eigenvalue weighted by molar-refractivity contribution is 7.16. The Morgan fingerprint density at radius 3 is 2.50 bits per heavy atom. The molecule has 1 aliphatic rings. The first-order chi connectivity index (χ1) is 11.5. The summed E-state index contributed by atoms with van der Waals surface area (Å²) in [4.78, 5) is 25.6. The van der Waals surface area contributed by atoms with E-state index in [1.54, 1.807) is 25.2 Å². The maximum Gasteiger partial charge on any atom is 0.256 e. The molecule has 0 saturated carbocycles. The van der Waals surface area contributed by atoms with Gasteiger partial charge < -0.3 is 20.1 Å². The Hall–Kier alpha value is -2.54. The van der Waals surface area contributed by atoms with Gasteiger partial charge in [-0.2, -0.15) is 0 Å². The molecule has 0 atom stereocenters. The highest BCUT2D eigenvalue weighted by atomic mass is 32.1. The van der Waals surface area contributed by atoms with Crippen molar-refractivity contribution in [1.82, 2.24) is 5.32 Å². The van der Waals surface area contributed by atoms with Crippen LogP contribution in [0.2, 0.25) is 0 Å². The second kappa shape index (κ2) is 6.52. The molecule has 0 fully saturated rings. The van der Waals surface area contributed by atoms with Gasteiger partial charge in [0.15, 0.2) is 11.5 Å². The molecule has 3 rings (SSSR count). The van der Waals surface area contributed by atoms with E-state index in [1.165, 1.54) is 11.3 Å². The number of benzene rings is 1. The van der Waals surface area contributed by atoms with Gasteiger partial charge in [-0.1, -0.05) is 0 Å². The van der Waals surface area contributed by atoms with Crippen LogP contribution >= 0.6 is 11.3 Å². The Labute approximate surface area is 143 Å². The number of rotatable bonds is 3. The van der Waals surface area contributed by atoms with E-state index >= 15 is 0 Å². The van der Waals surface area contributed by atoms with Gasteiger partial charge in [-0.3, -0.25) is 9.59 Å². The summed E-state index contributed by atoms with van der Waals surface area (Å²) in [5.41, 5.74) is 1.83. The predicted molar refractivity (Wildman–Crippen MR) is 92.6 cm³/mol. The molecule has 0 aliphatic carbocycles. The first-order valence-corrected chi connectivity index (χ1v) is 8.36. The molecule has 0 unspecified atom stereocenters. The van der Waals surface area contributed by atoms with Gasteiger partial charge in [-0.25, -0.2) is 0 Å². The maximum atomic E-state index is 12.6. The molecular weight excluding hydrogens is 328 g/mol. The second-order valence-electron chi connectivity index (χ2n) is 5.38. The van der Waals surface area contributed by atoms with E-state index in [9.17, 15) is 9.59 Å². The van der Waals surface area contributed by atoms with Gasteiger partial charge in [0.1, 0.15) is 18.2 Å². The molecule has 1 aliphatic heterocycles. The highest BCUT2D eigenvalue weighted by Gasteiger charge is 2.21. The van der Waals surface area contributed by atoms with Crippen LogP contribution in [0.15, 0.2) is 18.2 Å². The summed E-state index contributed by atoms with van der Waals surface area (Å²) in [6, 6.07) is 5.04. The Morgan fingerprint density at radius 2 is 1.79 bits per heavy atom. The number of thiophene rings is 1. The Kier molecular flexibility index (Phi) is 4.44. The van der Waals surface area contributed by atoms with E-state index in [-0.39, 0.29) is 11.8 Å². The molecule has 2 aromatic rings. The molecule has 0 spiro atoms. The van der Waals surface area contributed by atoms with E-state index in [0.29, 0.717) is 40.8 Å². The van der Waals surface area contributed by atoms with Crippen molar-refractivity contribution in [1.29, 1.82) is 0 Å². The number of nitrogens with one attached hydrogen (secondary N) is 2. The average molecular weight is 346 g/mol. The summed E-state index contributed by atoms with van der Waals surface area (Å²) in [6.07, 6.45) is 0. The van der Waals surface area contributed by atoms with E-state index in [1.807, 2.05) is 13.8 Å². The monoisotopic (exact) mass is 346 g/mol. The normalized spacial score (nSPS) is 12.6. The van der Waals surface area contributed by atoms with Crippen LogP contribution in [0.25, 0.3) is 0 Å². The summed E-state index contributed by atoms with van der Waals surface area (Å²) in [5, 5.41) is 5.99. The lowest BCUT2D eigenvalue weighted by atomic mass is 10.1. The van der Waals surface area contributed by atoms with Crippen LogP contribution in [0.3, 0.4) is 0 Å². The van der Waals surface area contributed by atoms with Gasteiger partial charge in [0.2, 0.25) is 0 Å². The zero-order valence-electron chi connectivity index (χ0n) is 13.7. The first-order valence-electron chi connectivity index (χ1n) is 7.54. The Bertz CT molecular complexity index is 813. The third kappa shape index (κ3) is 2.94. The summed E-state index contributed by atoms with van der Waals surface area (Å²) in [7, 11) is 1.57. The minimum atomic E-state index is -0.293. The summed E-state index contributed by atoms with van der Waals surface area (Å²) in [6.45, 7) is 4.76. The second-order valence-corrected chi connectivity index (χ2v) is 6.60. The molecule has 7 heteroatoms. The molecule has 6 nitrogen and oxygen atoms in total. The van der Waals surface area contributed by atoms with Crippen LogP contribution in [0.4, 0.5) is 5.00 Å². The van der Waals surface area contributed by atoms with Crippen molar-refractivity contribution in [2.45, 2.75) is 13.8 Å². The lowest BCUT2D eigenvalue weighted by molar-refractivity contribution is 0.0963. The van der Waals surface area contributed by atoms with Crippen LogP contribution in [-0.4, -0.2) is 32.1 Å². The van der Waals surface area contributed by atoms with Crippen LogP contribution < -0.4 is 20.1 Å². The van der Waals surface area contributed by atoms with Crippen molar-refractivity contribution in [2.75, 3.05) is 25.6 Å². The zero-order valence-corrected chi connectivity index (χ0v) is 14.5. The number of fused-ring (bicyclic) bond motifs is 1. The number of hydrogen-bond acceptors (Lipinski definition) is 5. The Morgan fingerprint density at radius 1 is 1.08 bits per heavy atom. The van der Waals surface area contributed by atoms with Crippen molar-refractivity contribution in [3.8, 4) is 11.5 Å². The lowest BCUT2D eigenvalue weighted by Crippen LogP contribution is -2.21. The van der Waals surface area contributed by atoms with Gasteiger partial charge >= 0.3 is 0 Å². The predicted octanol–water partition coefficient (Wildman–Crippen LogP) is 2.75. The van der Waals surface area contributed by atoms with Crippen LogP contribution in [-0.2, 0) is 0 Å². The number of hydrogen-bond donors (Lipinski definition) is 2. The molecule has 2 N–H and O–H groups in total. The number of carbonyl (C=O) groups is 2. The fourth-order valence-electron chi connectivity index (χ4n) is 2.47. The fourth-order valence-corrected chi connectivity index (χ4v) is 3.53. The van der Waals surface area contributed by atoms with Crippen molar-refractivity contribution >= 4 is 28.2 Å². The maximum absolute atomic E-state index is 12.6.